The molecule has 2 heterocycles. The van der Waals surface area contributed by atoms with Crippen molar-refractivity contribution in [2.45, 2.75) is 69.4 Å². The number of nitrogens with zero attached hydrogens (tertiary/aromatic N) is 5. The first-order chi connectivity index (χ1) is 16.2. The summed E-state index contributed by atoms with van der Waals surface area (Å²) in [5, 5.41) is 4.44. The van der Waals surface area contributed by atoms with Crippen molar-refractivity contribution in [1.82, 2.24) is 14.7 Å². The van der Waals surface area contributed by atoms with E-state index in [-0.39, 0.29) is 5.92 Å². The fraction of sp³-hybridized carbons (Fsp3) is 0.577. The molecule has 1 aromatic heterocycles. The summed E-state index contributed by atoms with van der Waals surface area (Å²) in [7, 11) is -2.28. The third-order valence-electron chi connectivity index (χ3n) is 6.90. The number of aryl methyl sites for hydroxylation is 2. The highest BCUT2D eigenvalue weighted by Crippen LogP contribution is 2.44. The number of rotatable bonds is 8. The average molecular weight is 503 g/mol. The number of benzene rings is 1. The predicted molar refractivity (Wildman–Crippen MR) is 152 cm³/mol. The highest BCUT2D eigenvalue weighted by molar-refractivity contribution is 8.20. The van der Waals surface area contributed by atoms with Gasteiger partial charge >= 0.3 is 0 Å². The van der Waals surface area contributed by atoms with Gasteiger partial charge in [-0.15, -0.1) is 13.4 Å². The van der Waals surface area contributed by atoms with Crippen LogP contribution in [0.15, 0.2) is 45.1 Å². The van der Waals surface area contributed by atoms with E-state index in [1.165, 1.54) is 35.4 Å². The highest BCUT2D eigenvalue weighted by Gasteiger charge is 2.33. The van der Waals surface area contributed by atoms with Crippen LogP contribution in [0.5, 0.6) is 0 Å². The maximum Gasteiger partial charge on any atom is 0.132 e. The van der Waals surface area contributed by atoms with Crippen molar-refractivity contribution in [1.29, 1.82) is 0 Å². The normalized spacial score (nSPS) is 20.4. The Bertz CT molecular complexity index is 1040. The van der Waals surface area contributed by atoms with Gasteiger partial charge in [-0.05, 0) is 61.6 Å². The highest BCUT2D eigenvalue weighted by atomic mass is 32.3. The molecule has 2 unspecified atom stereocenters. The fourth-order valence-corrected chi connectivity index (χ4v) is 8.60. The molecule has 3 rings (SSSR count). The van der Waals surface area contributed by atoms with Gasteiger partial charge in [0.15, 0.2) is 0 Å². The lowest BCUT2D eigenvalue weighted by molar-refractivity contribution is 0.664. The van der Waals surface area contributed by atoms with Gasteiger partial charge in [-0.3, -0.25) is 0 Å². The monoisotopic (exact) mass is 502 g/mol. The van der Waals surface area contributed by atoms with Crippen molar-refractivity contribution < 1.29 is 0 Å². The molecule has 0 saturated carbocycles. The number of nitrogens with one attached hydrogen (secondary N) is 1. The predicted octanol–water partition coefficient (Wildman–Crippen LogP) is 5.83. The SMILES string of the molecule is C=NN=S1(C)(C)CCCCCN(CNSC(C)C(C)c2ncc(C)cn2)c2c(CC)cccc21. The molecule has 1 N–H and O–H groups in total. The maximum absolute atomic E-state index is 4.87. The third kappa shape index (κ3) is 6.07. The van der Waals surface area contributed by atoms with Crippen molar-refractivity contribution in [2.24, 2.45) is 9.57 Å². The van der Waals surface area contributed by atoms with Gasteiger partial charge in [0.05, 0.1) is 12.4 Å². The van der Waals surface area contributed by atoms with E-state index in [1.54, 1.807) is 11.9 Å². The number of anilines is 1. The first-order valence-electron chi connectivity index (χ1n) is 12.3. The molecule has 1 aromatic carbocycles. The van der Waals surface area contributed by atoms with Crippen LogP contribution in [0.2, 0.25) is 0 Å². The largest absolute Gasteiger partial charge is 0.357 e. The van der Waals surface area contributed by atoms with Crippen molar-refractivity contribution >= 4 is 33.3 Å². The summed E-state index contributed by atoms with van der Waals surface area (Å²) in [6, 6.07) is 6.75. The second-order valence-corrected chi connectivity index (χ2v) is 16.6. The van der Waals surface area contributed by atoms with Gasteiger partial charge in [-0.2, -0.15) is 5.10 Å². The Kier molecular flexibility index (Phi) is 8.93. The summed E-state index contributed by atoms with van der Waals surface area (Å²) in [5.41, 5.74) is 3.82. The summed E-state index contributed by atoms with van der Waals surface area (Å²) in [4.78, 5) is 13.0. The molecule has 0 bridgehead atoms. The van der Waals surface area contributed by atoms with E-state index in [2.05, 4.69) is 82.9 Å². The van der Waals surface area contributed by atoms with E-state index in [1.807, 2.05) is 19.3 Å². The van der Waals surface area contributed by atoms with Gasteiger partial charge in [-0.1, -0.05) is 51.3 Å². The molecular weight excluding hydrogens is 460 g/mol. The molecule has 0 fully saturated rings. The smallest absolute Gasteiger partial charge is 0.132 e. The minimum atomic E-state index is -2.28. The first kappa shape index (κ1) is 26.8. The van der Waals surface area contributed by atoms with Crippen LogP contribution >= 0.6 is 11.9 Å². The van der Waals surface area contributed by atoms with Crippen LogP contribution in [-0.4, -0.2) is 53.4 Å². The molecule has 2 aromatic rings. The summed E-state index contributed by atoms with van der Waals surface area (Å²) in [6.45, 7) is 14.3. The van der Waals surface area contributed by atoms with Gasteiger partial charge in [0.1, 0.15) is 5.82 Å². The lowest BCUT2D eigenvalue weighted by Gasteiger charge is -2.43. The third-order valence-corrected chi connectivity index (χ3v) is 11.8. The number of para-hydroxylation sites is 1. The first-order valence-corrected chi connectivity index (χ1v) is 16.1. The Morgan fingerprint density at radius 3 is 2.59 bits per heavy atom. The Labute approximate surface area is 210 Å². The number of hydrogen-bond donors (Lipinski definition) is 1. The van der Waals surface area contributed by atoms with Gasteiger partial charge in [-0.25, -0.2) is 14.7 Å². The molecule has 0 amide bonds. The molecule has 8 heteroatoms. The molecule has 0 saturated heterocycles. The van der Waals surface area contributed by atoms with Gasteiger partial charge < -0.3 is 4.90 Å². The maximum atomic E-state index is 4.87. The second-order valence-electron chi connectivity index (χ2n) is 10.0. The van der Waals surface area contributed by atoms with E-state index in [0.29, 0.717) is 5.25 Å². The molecule has 0 spiro atoms. The quantitative estimate of drug-likeness (QED) is 0.279. The lowest BCUT2D eigenvalue weighted by Crippen LogP contribution is -2.38. The molecule has 0 aliphatic carbocycles. The van der Waals surface area contributed by atoms with E-state index in [0.717, 1.165) is 36.8 Å². The summed E-state index contributed by atoms with van der Waals surface area (Å²) in [5.74, 6) is 2.23. The zero-order chi connectivity index (χ0) is 24.8. The molecule has 188 valence electrons. The zero-order valence-corrected chi connectivity index (χ0v) is 23.4. The van der Waals surface area contributed by atoms with E-state index in [9.17, 15) is 0 Å². The van der Waals surface area contributed by atoms with Gasteiger partial charge in [0.2, 0.25) is 0 Å². The van der Waals surface area contributed by atoms with Crippen molar-refractivity contribution in [3.63, 3.8) is 0 Å². The summed E-state index contributed by atoms with van der Waals surface area (Å²) < 4.78 is 8.55. The number of hydrogen-bond acceptors (Lipinski definition) is 6. The zero-order valence-electron chi connectivity index (χ0n) is 21.8. The summed E-state index contributed by atoms with van der Waals surface area (Å²) >= 11 is 1.78. The van der Waals surface area contributed by atoms with Gasteiger partial charge in [0.25, 0.3) is 0 Å². The van der Waals surface area contributed by atoms with Crippen molar-refractivity contribution in [2.75, 3.05) is 36.4 Å². The van der Waals surface area contributed by atoms with Crippen LogP contribution in [0.1, 0.15) is 62.9 Å². The van der Waals surface area contributed by atoms with Crippen LogP contribution in [-0.2, 0) is 15.4 Å². The number of aromatic nitrogens is 2. The van der Waals surface area contributed by atoms with Crippen LogP contribution in [0, 0.1) is 6.92 Å². The van der Waals surface area contributed by atoms with Gasteiger partial charge in [0, 0.05) is 41.7 Å². The molecule has 1 aliphatic heterocycles. The average Bonchev–Trinajstić information content (AvgIpc) is 2.87. The van der Waals surface area contributed by atoms with E-state index < -0.39 is 8.96 Å². The van der Waals surface area contributed by atoms with Crippen LogP contribution in [0.4, 0.5) is 5.69 Å². The van der Waals surface area contributed by atoms with Crippen molar-refractivity contribution in [3.8, 4) is 0 Å². The number of fused-ring (bicyclic) bond motifs is 1. The standard InChI is InChI=1S/C26H42N6S2/c1-8-23-13-12-14-24-25(23)32(15-10-9-11-16-34(24,6,7)31-27-5)19-30-33-22(4)21(3)26-28-17-20(2)18-29-26/h12-14,17-18,21-22,30H,5,8-11,15-16,19H2,1-4,6-7H3. The van der Waals surface area contributed by atoms with E-state index >= 15 is 0 Å². The Morgan fingerprint density at radius 1 is 1.18 bits per heavy atom. The minimum absolute atomic E-state index is 0.262. The second kappa shape index (κ2) is 11.3. The van der Waals surface area contributed by atoms with Crippen LogP contribution in [0.25, 0.3) is 0 Å². The molecule has 6 nitrogen and oxygen atoms in total. The van der Waals surface area contributed by atoms with Crippen molar-refractivity contribution in [3.05, 3.63) is 47.5 Å². The lowest BCUT2D eigenvalue weighted by atomic mass is 10.1. The molecular formula is C26H42N6S2. The Morgan fingerprint density at radius 2 is 1.91 bits per heavy atom. The fourth-order valence-electron chi connectivity index (χ4n) is 4.58. The molecule has 0 radical (unpaired) electrons. The van der Waals surface area contributed by atoms with Crippen LogP contribution < -0.4 is 9.62 Å². The van der Waals surface area contributed by atoms with Crippen LogP contribution in [0.3, 0.4) is 0 Å². The minimum Gasteiger partial charge on any atom is -0.357 e. The molecule has 1 aliphatic rings. The topological polar surface area (TPSA) is 65.8 Å². The Hall–Kier alpha value is -1.77. The Balaban J connectivity index is 1.86. The molecule has 34 heavy (non-hydrogen) atoms. The molecule has 2 atom stereocenters. The van der Waals surface area contributed by atoms with E-state index in [4.69, 9.17) is 4.47 Å². The summed E-state index contributed by atoms with van der Waals surface area (Å²) in [6.07, 6.45) is 13.0.